The lowest BCUT2D eigenvalue weighted by Gasteiger charge is -2.09. The molecule has 0 aliphatic heterocycles. The highest BCUT2D eigenvalue weighted by Gasteiger charge is 2.12. The summed E-state index contributed by atoms with van der Waals surface area (Å²) in [6.07, 6.45) is 0. The largest absolute Gasteiger partial charge is 0.379 e. The predicted octanol–water partition coefficient (Wildman–Crippen LogP) is 4.79. The van der Waals surface area contributed by atoms with E-state index in [4.69, 9.17) is 0 Å². The molecule has 0 unspecified atom stereocenters. The van der Waals surface area contributed by atoms with Gasteiger partial charge in [0.1, 0.15) is 0 Å². The highest BCUT2D eigenvalue weighted by molar-refractivity contribution is 9.10. The lowest BCUT2D eigenvalue weighted by Crippen LogP contribution is -2.04. The van der Waals surface area contributed by atoms with E-state index in [1.165, 1.54) is 6.07 Å². The van der Waals surface area contributed by atoms with Crippen LogP contribution in [-0.4, -0.2) is 0 Å². The van der Waals surface area contributed by atoms with Crippen LogP contribution < -0.4 is 5.32 Å². The van der Waals surface area contributed by atoms with Crippen molar-refractivity contribution in [3.05, 3.63) is 63.4 Å². The van der Waals surface area contributed by atoms with Crippen LogP contribution in [0, 0.1) is 24.4 Å². The summed E-state index contributed by atoms with van der Waals surface area (Å²) < 4.78 is 40.2. The first kappa shape index (κ1) is 13.9. The summed E-state index contributed by atoms with van der Waals surface area (Å²) in [6.45, 7) is 2.27. The molecule has 0 aliphatic rings. The standard InChI is InChI=1S/C14H11BrF3N/c1-8-2-3-9(6-10(8)15)7-19-12-5-4-11(16)13(17)14(12)18/h2-6,19H,7H2,1H3. The van der Waals surface area contributed by atoms with Gasteiger partial charge >= 0.3 is 0 Å². The first-order valence-electron chi connectivity index (χ1n) is 5.61. The summed E-state index contributed by atoms with van der Waals surface area (Å²) in [5, 5.41) is 2.74. The first-order chi connectivity index (χ1) is 8.99. The van der Waals surface area contributed by atoms with Crippen molar-refractivity contribution < 1.29 is 13.2 Å². The van der Waals surface area contributed by atoms with Gasteiger partial charge in [-0.15, -0.1) is 0 Å². The van der Waals surface area contributed by atoms with E-state index in [2.05, 4.69) is 21.2 Å². The first-order valence-corrected chi connectivity index (χ1v) is 6.40. The minimum Gasteiger partial charge on any atom is -0.379 e. The van der Waals surface area contributed by atoms with Crippen LogP contribution in [0.1, 0.15) is 11.1 Å². The Kier molecular flexibility index (Phi) is 4.14. The summed E-state index contributed by atoms with van der Waals surface area (Å²) in [7, 11) is 0. The van der Waals surface area contributed by atoms with Crippen molar-refractivity contribution in [2.24, 2.45) is 0 Å². The third-order valence-electron chi connectivity index (χ3n) is 2.75. The maximum absolute atomic E-state index is 13.4. The minimum atomic E-state index is -1.46. The number of hydrogen-bond donors (Lipinski definition) is 1. The van der Waals surface area contributed by atoms with Crippen molar-refractivity contribution in [1.82, 2.24) is 0 Å². The zero-order valence-corrected chi connectivity index (χ0v) is 11.7. The Morgan fingerprint density at radius 2 is 1.79 bits per heavy atom. The lowest BCUT2D eigenvalue weighted by atomic mass is 10.1. The van der Waals surface area contributed by atoms with E-state index < -0.39 is 17.5 Å². The van der Waals surface area contributed by atoms with Crippen LogP contribution in [0.5, 0.6) is 0 Å². The smallest absolute Gasteiger partial charge is 0.196 e. The van der Waals surface area contributed by atoms with E-state index in [0.717, 1.165) is 21.7 Å². The van der Waals surface area contributed by atoms with Gasteiger partial charge in [0.2, 0.25) is 0 Å². The molecular formula is C14H11BrF3N. The van der Waals surface area contributed by atoms with E-state index in [1.54, 1.807) is 0 Å². The van der Waals surface area contributed by atoms with Gasteiger partial charge in [0.25, 0.3) is 0 Å². The molecular weight excluding hydrogens is 319 g/mol. The van der Waals surface area contributed by atoms with E-state index in [0.29, 0.717) is 6.54 Å². The molecule has 0 spiro atoms. The van der Waals surface area contributed by atoms with E-state index >= 15 is 0 Å². The van der Waals surface area contributed by atoms with Crippen molar-refractivity contribution >= 4 is 21.6 Å². The van der Waals surface area contributed by atoms with Crippen molar-refractivity contribution in [1.29, 1.82) is 0 Å². The van der Waals surface area contributed by atoms with Crippen LogP contribution in [-0.2, 0) is 6.54 Å². The van der Waals surface area contributed by atoms with E-state index in [-0.39, 0.29) is 5.69 Å². The van der Waals surface area contributed by atoms with Gasteiger partial charge in [0, 0.05) is 11.0 Å². The number of aryl methyl sites for hydroxylation is 1. The molecule has 1 nitrogen and oxygen atoms in total. The van der Waals surface area contributed by atoms with Gasteiger partial charge in [-0.2, -0.15) is 0 Å². The molecule has 0 atom stereocenters. The molecule has 0 amide bonds. The Morgan fingerprint density at radius 1 is 1.05 bits per heavy atom. The number of hydrogen-bond acceptors (Lipinski definition) is 1. The maximum atomic E-state index is 13.4. The Morgan fingerprint density at radius 3 is 2.47 bits per heavy atom. The van der Waals surface area contributed by atoms with Crippen LogP contribution in [0.4, 0.5) is 18.9 Å². The molecule has 0 radical (unpaired) electrons. The molecule has 5 heteroatoms. The Balaban J connectivity index is 2.14. The van der Waals surface area contributed by atoms with Crippen molar-refractivity contribution in [3.63, 3.8) is 0 Å². The molecule has 19 heavy (non-hydrogen) atoms. The second-order valence-electron chi connectivity index (χ2n) is 4.16. The lowest BCUT2D eigenvalue weighted by molar-refractivity contribution is 0.449. The van der Waals surface area contributed by atoms with Crippen LogP contribution in [0.3, 0.4) is 0 Å². The average Bonchev–Trinajstić information content (AvgIpc) is 2.39. The van der Waals surface area contributed by atoms with Gasteiger partial charge in [-0.05, 0) is 36.2 Å². The van der Waals surface area contributed by atoms with Crippen molar-refractivity contribution in [2.75, 3.05) is 5.32 Å². The van der Waals surface area contributed by atoms with Crippen LogP contribution in [0.25, 0.3) is 0 Å². The van der Waals surface area contributed by atoms with Gasteiger partial charge in [-0.1, -0.05) is 28.1 Å². The molecule has 2 rings (SSSR count). The molecule has 0 bridgehead atoms. The molecule has 2 aromatic carbocycles. The van der Waals surface area contributed by atoms with Gasteiger partial charge in [0.05, 0.1) is 5.69 Å². The highest BCUT2D eigenvalue weighted by atomic mass is 79.9. The van der Waals surface area contributed by atoms with Crippen LogP contribution >= 0.6 is 15.9 Å². The molecule has 0 fully saturated rings. The zero-order chi connectivity index (χ0) is 14.0. The van der Waals surface area contributed by atoms with Gasteiger partial charge in [-0.3, -0.25) is 0 Å². The number of anilines is 1. The maximum Gasteiger partial charge on any atom is 0.196 e. The summed E-state index contributed by atoms with van der Waals surface area (Å²) in [5.41, 5.74) is 1.93. The fraction of sp³-hybridized carbons (Fsp3) is 0.143. The number of nitrogens with one attached hydrogen (secondary N) is 1. The molecule has 1 N–H and O–H groups in total. The highest BCUT2D eigenvalue weighted by Crippen LogP contribution is 2.22. The van der Waals surface area contributed by atoms with E-state index in [1.807, 2.05) is 25.1 Å². The Bertz CT molecular complexity index is 614. The number of rotatable bonds is 3. The molecule has 0 aliphatic carbocycles. The SMILES string of the molecule is Cc1ccc(CNc2ccc(F)c(F)c2F)cc1Br. The minimum absolute atomic E-state index is 0.0596. The summed E-state index contributed by atoms with van der Waals surface area (Å²) in [4.78, 5) is 0. The van der Waals surface area contributed by atoms with Gasteiger partial charge in [0.15, 0.2) is 17.5 Å². The molecule has 0 aromatic heterocycles. The Hall–Kier alpha value is -1.49. The fourth-order valence-electron chi connectivity index (χ4n) is 1.61. The molecule has 100 valence electrons. The number of benzene rings is 2. The summed E-state index contributed by atoms with van der Waals surface area (Å²) in [5.74, 6) is -3.86. The fourth-order valence-corrected chi connectivity index (χ4v) is 2.03. The average molecular weight is 330 g/mol. The van der Waals surface area contributed by atoms with Crippen LogP contribution in [0.15, 0.2) is 34.8 Å². The molecule has 2 aromatic rings. The topological polar surface area (TPSA) is 12.0 Å². The second-order valence-corrected chi connectivity index (χ2v) is 5.01. The normalized spacial score (nSPS) is 10.6. The Labute approximate surface area is 117 Å². The van der Waals surface area contributed by atoms with Gasteiger partial charge < -0.3 is 5.32 Å². The van der Waals surface area contributed by atoms with E-state index in [9.17, 15) is 13.2 Å². The summed E-state index contributed by atoms with van der Waals surface area (Å²) >= 11 is 3.40. The third-order valence-corrected chi connectivity index (χ3v) is 3.61. The van der Waals surface area contributed by atoms with Crippen LogP contribution in [0.2, 0.25) is 0 Å². The zero-order valence-electron chi connectivity index (χ0n) is 10.1. The molecule has 0 saturated carbocycles. The second kappa shape index (κ2) is 5.65. The van der Waals surface area contributed by atoms with Crippen molar-refractivity contribution in [3.8, 4) is 0 Å². The number of halogens is 4. The molecule has 0 heterocycles. The van der Waals surface area contributed by atoms with Crippen molar-refractivity contribution in [2.45, 2.75) is 13.5 Å². The summed E-state index contributed by atoms with van der Waals surface area (Å²) in [6, 6.07) is 7.76. The van der Waals surface area contributed by atoms with Gasteiger partial charge in [-0.25, -0.2) is 13.2 Å². The molecule has 0 saturated heterocycles. The quantitative estimate of drug-likeness (QED) is 0.798. The third kappa shape index (κ3) is 3.10. The predicted molar refractivity (Wildman–Crippen MR) is 72.5 cm³/mol. The monoisotopic (exact) mass is 329 g/mol.